The molecule has 2 rings (SSSR count). The molecule has 0 atom stereocenters. The van der Waals surface area contributed by atoms with E-state index in [2.05, 4.69) is 25.8 Å². The fourth-order valence-electron chi connectivity index (χ4n) is 2.33. The first-order valence-electron chi connectivity index (χ1n) is 6.77. The van der Waals surface area contributed by atoms with Crippen LogP contribution in [0.1, 0.15) is 39.1 Å². The van der Waals surface area contributed by atoms with Crippen LogP contribution in [-0.4, -0.2) is 9.55 Å². The smallest absolute Gasteiger partial charge is 0.142 e. The summed E-state index contributed by atoms with van der Waals surface area (Å²) in [6.45, 7) is 6.21. The molecule has 0 spiro atoms. The van der Waals surface area contributed by atoms with E-state index in [-0.39, 0.29) is 11.1 Å². The summed E-state index contributed by atoms with van der Waals surface area (Å²) in [5.41, 5.74) is 7.48. The zero-order chi connectivity index (χ0) is 14.9. The summed E-state index contributed by atoms with van der Waals surface area (Å²) < 4.78 is 15.6. The van der Waals surface area contributed by atoms with Gasteiger partial charge in [0.05, 0.1) is 5.02 Å². The number of aromatic nitrogens is 2. The monoisotopic (exact) mass is 295 g/mol. The molecule has 0 unspecified atom stereocenters. The molecular formula is C15H19ClFN3. The lowest BCUT2D eigenvalue weighted by Gasteiger charge is -2.13. The Hall–Kier alpha value is -1.55. The van der Waals surface area contributed by atoms with E-state index in [1.54, 1.807) is 6.07 Å². The number of imidazole rings is 1. The number of benzene rings is 1. The number of nitrogens with zero attached hydrogens (tertiary/aromatic N) is 2. The van der Waals surface area contributed by atoms with Crippen molar-refractivity contribution in [2.75, 3.05) is 5.73 Å². The molecule has 2 N–H and O–H groups in total. The number of hydrogen-bond donors (Lipinski definition) is 1. The van der Waals surface area contributed by atoms with Gasteiger partial charge in [-0.05, 0) is 32.4 Å². The van der Waals surface area contributed by atoms with Gasteiger partial charge in [-0.15, -0.1) is 0 Å². The minimum Gasteiger partial charge on any atom is -0.383 e. The van der Waals surface area contributed by atoms with Crippen molar-refractivity contribution in [3.8, 4) is 11.3 Å². The van der Waals surface area contributed by atoms with E-state index in [0.717, 1.165) is 18.7 Å². The average Bonchev–Trinajstić information content (AvgIpc) is 2.70. The molecule has 5 heteroatoms. The van der Waals surface area contributed by atoms with Gasteiger partial charge >= 0.3 is 0 Å². The van der Waals surface area contributed by atoms with Crippen LogP contribution in [0.15, 0.2) is 18.2 Å². The highest BCUT2D eigenvalue weighted by Crippen LogP contribution is 2.31. The molecule has 1 aromatic carbocycles. The zero-order valence-corrected chi connectivity index (χ0v) is 12.7. The first-order chi connectivity index (χ1) is 9.45. The lowest BCUT2D eigenvalue weighted by Crippen LogP contribution is -2.09. The van der Waals surface area contributed by atoms with E-state index < -0.39 is 5.82 Å². The summed E-state index contributed by atoms with van der Waals surface area (Å²) >= 11 is 5.71. The minimum absolute atomic E-state index is 0.101. The first-order valence-corrected chi connectivity index (χ1v) is 7.15. The van der Waals surface area contributed by atoms with Crippen LogP contribution in [0.5, 0.6) is 0 Å². The number of nitrogen functional groups attached to an aromatic ring is 1. The largest absolute Gasteiger partial charge is 0.383 e. The van der Waals surface area contributed by atoms with E-state index in [4.69, 9.17) is 17.3 Å². The van der Waals surface area contributed by atoms with Crippen LogP contribution in [-0.2, 0) is 6.42 Å². The maximum Gasteiger partial charge on any atom is 0.142 e. The van der Waals surface area contributed by atoms with Gasteiger partial charge in [-0.2, -0.15) is 0 Å². The number of hydrogen-bond acceptors (Lipinski definition) is 2. The normalized spacial score (nSPS) is 11.3. The van der Waals surface area contributed by atoms with Gasteiger partial charge in [0.25, 0.3) is 0 Å². The van der Waals surface area contributed by atoms with Crippen LogP contribution >= 0.6 is 11.6 Å². The Kier molecular flexibility index (Phi) is 4.33. The van der Waals surface area contributed by atoms with Gasteiger partial charge in [0.1, 0.15) is 23.2 Å². The van der Waals surface area contributed by atoms with Gasteiger partial charge in [-0.25, -0.2) is 9.37 Å². The van der Waals surface area contributed by atoms with Crippen LogP contribution in [0, 0.1) is 5.82 Å². The van der Waals surface area contributed by atoms with Crippen LogP contribution in [0.2, 0.25) is 5.02 Å². The van der Waals surface area contributed by atoms with E-state index in [1.165, 1.54) is 12.1 Å². The van der Waals surface area contributed by atoms with Crippen molar-refractivity contribution >= 4 is 17.4 Å². The molecule has 0 aliphatic rings. The van der Waals surface area contributed by atoms with Crippen molar-refractivity contribution in [1.82, 2.24) is 9.55 Å². The van der Waals surface area contributed by atoms with Crippen molar-refractivity contribution in [2.45, 2.75) is 39.7 Å². The molecule has 2 aromatic rings. The van der Waals surface area contributed by atoms with Crippen LogP contribution in [0.4, 0.5) is 10.2 Å². The molecule has 1 heterocycles. The number of halogens is 2. The fourth-order valence-corrected chi connectivity index (χ4v) is 2.44. The second kappa shape index (κ2) is 5.83. The molecule has 0 bridgehead atoms. The highest BCUT2D eigenvalue weighted by atomic mass is 35.5. The van der Waals surface area contributed by atoms with E-state index >= 15 is 0 Å². The maximum atomic E-state index is 13.6. The highest BCUT2D eigenvalue weighted by molar-refractivity contribution is 6.30. The van der Waals surface area contributed by atoms with E-state index in [9.17, 15) is 4.39 Å². The predicted octanol–water partition coefficient (Wildman–Crippen LogP) is 4.46. The third-order valence-corrected chi connectivity index (χ3v) is 3.51. The van der Waals surface area contributed by atoms with Gasteiger partial charge in [-0.3, -0.25) is 0 Å². The molecule has 0 radical (unpaired) electrons. The Morgan fingerprint density at radius 2 is 2.10 bits per heavy atom. The molecule has 1 aromatic heterocycles. The number of nitrogens with two attached hydrogens (primary N) is 1. The second-order valence-corrected chi connectivity index (χ2v) is 5.51. The van der Waals surface area contributed by atoms with Crippen molar-refractivity contribution in [3.05, 3.63) is 34.9 Å². The topological polar surface area (TPSA) is 43.8 Å². The molecule has 0 saturated heterocycles. The van der Waals surface area contributed by atoms with Gasteiger partial charge in [-0.1, -0.05) is 24.6 Å². The van der Waals surface area contributed by atoms with Gasteiger partial charge < -0.3 is 10.3 Å². The molecule has 108 valence electrons. The number of rotatable bonds is 4. The SMILES string of the molecule is CCCc1nc(-c2ccc(Cl)c(F)c2)c(N)n1C(C)C. The standard InChI is InChI=1S/C15H19ClFN3/c1-4-5-13-19-14(15(18)20(13)9(2)3)10-6-7-11(16)12(17)8-10/h6-9H,4-5,18H2,1-3H3. The Bertz CT molecular complexity index is 620. The van der Waals surface area contributed by atoms with Crippen LogP contribution < -0.4 is 5.73 Å². The number of aryl methyl sites for hydroxylation is 1. The summed E-state index contributed by atoms with van der Waals surface area (Å²) in [4.78, 5) is 4.59. The van der Waals surface area contributed by atoms with Crippen molar-refractivity contribution in [3.63, 3.8) is 0 Å². The minimum atomic E-state index is -0.459. The van der Waals surface area contributed by atoms with Crippen molar-refractivity contribution < 1.29 is 4.39 Å². The third-order valence-electron chi connectivity index (χ3n) is 3.20. The lowest BCUT2D eigenvalue weighted by atomic mass is 10.1. The Morgan fingerprint density at radius 3 is 2.65 bits per heavy atom. The van der Waals surface area contributed by atoms with Crippen molar-refractivity contribution in [1.29, 1.82) is 0 Å². The van der Waals surface area contributed by atoms with Crippen LogP contribution in [0.25, 0.3) is 11.3 Å². The van der Waals surface area contributed by atoms with Gasteiger partial charge in [0, 0.05) is 18.0 Å². The van der Waals surface area contributed by atoms with E-state index in [1.807, 2.05) is 4.57 Å². The summed E-state index contributed by atoms with van der Waals surface area (Å²) in [5, 5.41) is 0.101. The molecule has 0 fully saturated rings. The lowest BCUT2D eigenvalue weighted by molar-refractivity contribution is 0.571. The Labute approximate surface area is 123 Å². The molecule has 20 heavy (non-hydrogen) atoms. The fraction of sp³-hybridized carbons (Fsp3) is 0.400. The van der Waals surface area contributed by atoms with E-state index in [0.29, 0.717) is 17.1 Å². The molecule has 0 aliphatic heterocycles. The highest BCUT2D eigenvalue weighted by Gasteiger charge is 2.18. The first kappa shape index (κ1) is 14.9. The van der Waals surface area contributed by atoms with Gasteiger partial charge in [0.2, 0.25) is 0 Å². The summed E-state index contributed by atoms with van der Waals surface area (Å²) in [5.74, 6) is 1.05. The van der Waals surface area contributed by atoms with Gasteiger partial charge in [0.15, 0.2) is 0 Å². The zero-order valence-electron chi connectivity index (χ0n) is 12.0. The Morgan fingerprint density at radius 1 is 1.40 bits per heavy atom. The summed E-state index contributed by atoms with van der Waals surface area (Å²) in [6, 6.07) is 4.86. The van der Waals surface area contributed by atoms with Crippen molar-refractivity contribution in [2.24, 2.45) is 0 Å². The molecule has 3 nitrogen and oxygen atoms in total. The predicted molar refractivity (Wildman–Crippen MR) is 81.4 cm³/mol. The second-order valence-electron chi connectivity index (χ2n) is 5.10. The maximum absolute atomic E-state index is 13.6. The third kappa shape index (κ3) is 2.66. The Balaban J connectivity index is 2.56. The quantitative estimate of drug-likeness (QED) is 0.905. The number of anilines is 1. The molecular weight excluding hydrogens is 277 g/mol. The molecule has 0 saturated carbocycles. The van der Waals surface area contributed by atoms with Crippen LogP contribution in [0.3, 0.4) is 0 Å². The average molecular weight is 296 g/mol. The summed E-state index contributed by atoms with van der Waals surface area (Å²) in [6.07, 6.45) is 1.83. The molecule has 0 amide bonds. The molecule has 0 aliphatic carbocycles. The summed E-state index contributed by atoms with van der Waals surface area (Å²) in [7, 11) is 0.